The maximum atomic E-state index is 13.7. The van der Waals surface area contributed by atoms with Crippen LogP contribution in [0.5, 0.6) is 5.75 Å². The van der Waals surface area contributed by atoms with Gasteiger partial charge in [-0.05, 0) is 54.0 Å². The molecule has 234 valence electrons. The summed E-state index contributed by atoms with van der Waals surface area (Å²) in [4.78, 5) is 52.4. The van der Waals surface area contributed by atoms with Crippen molar-refractivity contribution in [2.75, 3.05) is 0 Å². The predicted octanol–water partition coefficient (Wildman–Crippen LogP) is 5.52. The number of ether oxygens (including phenoxy) is 1. The normalized spacial score (nSPS) is 13.1. The van der Waals surface area contributed by atoms with Gasteiger partial charge in [0.15, 0.2) is 0 Å². The fourth-order valence-corrected chi connectivity index (χ4v) is 4.92. The SMILES string of the molecule is CC(C)C[C@@H](C=O)NC(=O)[C@H](Cc1ccccc1)NC(=O)[C@H](CC(C)C)NC(=O)c1cc(Cl)ccc1OCc1ccccc1. The molecular weight excluding hydrogens is 578 g/mol. The zero-order valence-corrected chi connectivity index (χ0v) is 26.5. The van der Waals surface area contributed by atoms with E-state index in [0.717, 1.165) is 11.1 Å². The van der Waals surface area contributed by atoms with Gasteiger partial charge in [-0.25, -0.2) is 0 Å². The molecule has 8 nitrogen and oxygen atoms in total. The monoisotopic (exact) mass is 619 g/mol. The molecule has 44 heavy (non-hydrogen) atoms. The lowest BCUT2D eigenvalue weighted by Crippen LogP contribution is -2.56. The molecule has 0 aliphatic carbocycles. The van der Waals surface area contributed by atoms with Gasteiger partial charge < -0.3 is 25.5 Å². The second-order valence-electron chi connectivity index (χ2n) is 11.7. The molecule has 0 aliphatic heterocycles. The van der Waals surface area contributed by atoms with Gasteiger partial charge in [0.1, 0.15) is 30.7 Å². The van der Waals surface area contributed by atoms with Crippen LogP contribution in [0.25, 0.3) is 0 Å². The van der Waals surface area contributed by atoms with Crippen LogP contribution in [-0.4, -0.2) is 42.1 Å². The van der Waals surface area contributed by atoms with Gasteiger partial charge in [0.25, 0.3) is 5.91 Å². The standard InChI is InChI=1S/C35H42ClN3O5/c1-23(2)17-28(21-40)37-34(42)31(19-25-11-7-5-8-12-25)39-35(43)30(18-24(3)4)38-33(41)29-20-27(36)15-16-32(29)44-22-26-13-9-6-10-14-26/h5-16,20-21,23-24,28,30-31H,17-19,22H2,1-4H3,(H,37,42)(H,38,41)(H,39,43)/t28-,30-,31-/m0/s1. The van der Waals surface area contributed by atoms with E-state index in [9.17, 15) is 19.2 Å². The number of rotatable bonds is 16. The van der Waals surface area contributed by atoms with Gasteiger partial charge in [0, 0.05) is 11.4 Å². The van der Waals surface area contributed by atoms with E-state index in [1.54, 1.807) is 12.1 Å². The first-order valence-corrected chi connectivity index (χ1v) is 15.3. The maximum absolute atomic E-state index is 13.7. The Labute approximate surface area is 264 Å². The Hall–Kier alpha value is -4.17. The highest BCUT2D eigenvalue weighted by Gasteiger charge is 2.30. The summed E-state index contributed by atoms with van der Waals surface area (Å²) in [6, 6.07) is 21.0. The number of carbonyl (C=O) groups excluding carboxylic acids is 4. The number of benzene rings is 3. The van der Waals surface area contributed by atoms with Crippen LogP contribution in [-0.2, 0) is 27.4 Å². The van der Waals surface area contributed by atoms with Crippen LogP contribution in [0.2, 0.25) is 5.02 Å². The van der Waals surface area contributed by atoms with E-state index in [-0.39, 0.29) is 30.4 Å². The lowest BCUT2D eigenvalue weighted by Gasteiger charge is -2.26. The Morgan fingerprint density at radius 3 is 1.93 bits per heavy atom. The molecule has 0 saturated carbocycles. The number of halogens is 1. The third-order valence-electron chi connectivity index (χ3n) is 6.89. The first kappa shape index (κ1) is 34.3. The highest BCUT2D eigenvalue weighted by molar-refractivity contribution is 6.31. The quantitative estimate of drug-likeness (QED) is 0.183. The van der Waals surface area contributed by atoms with E-state index in [2.05, 4.69) is 16.0 Å². The summed E-state index contributed by atoms with van der Waals surface area (Å²) in [5.74, 6) is -0.953. The van der Waals surface area contributed by atoms with Gasteiger partial charge >= 0.3 is 0 Å². The van der Waals surface area contributed by atoms with Crippen molar-refractivity contribution in [3.63, 3.8) is 0 Å². The molecule has 3 atom stereocenters. The van der Waals surface area contributed by atoms with Gasteiger partial charge in [-0.2, -0.15) is 0 Å². The Morgan fingerprint density at radius 1 is 0.750 bits per heavy atom. The largest absolute Gasteiger partial charge is 0.488 e. The van der Waals surface area contributed by atoms with E-state index in [1.165, 1.54) is 6.07 Å². The van der Waals surface area contributed by atoms with Crippen molar-refractivity contribution < 1.29 is 23.9 Å². The number of hydrogen-bond acceptors (Lipinski definition) is 5. The minimum atomic E-state index is -0.970. The summed E-state index contributed by atoms with van der Waals surface area (Å²) in [5, 5.41) is 8.80. The number of amides is 3. The van der Waals surface area contributed by atoms with Crippen molar-refractivity contribution in [2.24, 2.45) is 11.8 Å². The topological polar surface area (TPSA) is 114 Å². The zero-order valence-electron chi connectivity index (χ0n) is 25.7. The second-order valence-corrected chi connectivity index (χ2v) is 12.1. The summed E-state index contributed by atoms with van der Waals surface area (Å²) in [6.45, 7) is 8.05. The Morgan fingerprint density at radius 2 is 1.34 bits per heavy atom. The molecule has 3 amide bonds. The van der Waals surface area contributed by atoms with Crippen molar-refractivity contribution >= 4 is 35.6 Å². The molecule has 3 aromatic rings. The van der Waals surface area contributed by atoms with Crippen molar-refractivity contribution in [3.05, 3.63) is 101 Å². The molecule has 3 rings (SSSR count). The summed E-state index contributed by atoms with van der Waals surface area (Å²) in [5.41, 5.74) is 1.96. The van der Waals surface area contributed by atoms with Crippen LogP contribution in [0.1, 0.15) is 62.0 Å². The molecule has 0 saturated heterocycles. The molecule has 0 spiro atoms. The summed E-state index contributed by atoms with van der Waals surface area (Å²) >= 11 is 6.24. The van der Waals surface area contributed by atoms with E-state index >= 15 is 0 Å². The first-order chi connectivity index (χ1) is 21.0. The molecular formula is C35H42ClN3O5. The van der Waals surface area contributed by atoms with E-state index in [4.69, 9.17) is 16.3 Å². The fraction of sp³-hybridized carbons (Fsp3) is 0.371. The highest BCUT2D eigenvalue weighted by Crippen LogP contribution is 2.24. The predicted molar refractivity (Wildman–Crippen MR) is 172 cm³/mol. The zero-order chi connectivity index (χ0) is 32.1. The number of aldehydes is 1. The minimum Gasteiger partial charge on any atom is -0.488 e. The molecule has 0 radical (unpaired) electrons. The molecule has 9 heteroatoms. The van der Waals surface area contributed by atoms with E-state index in [1.807, 2.05) is 88.4 Å². The van der Waals surface area contributed by atoms with Crippen LogP contribution in [0.15, 0.2) is 78.9 Å². The number of hydrogen-bond donors (Lipinski definition) is 3. The minimum absolute atomic E-state index is 0.0473. The summed E-state index contributed by atoms with van der Waals surface area (Å²) in [7, 11) is 0. The van der Waals surface area contributed by atoms with E-state index in [0.29, 0.717) is 29.9 Å². The molecule has 0 aliphatic rings. The average Bonchev–Trinajstić information content (AvgIpc) is 2.99. The highest BCUT2D eigenvalue weighted by atomic mass is 35.5. The molecule has 0 heterocycles. The van der Waals surface area contributed by atoms with Crippen molar-refractivity contribution in [1.82, 2.24) is 16.0 Å². The van der Waals surface area contributed by atoms with Gasteiger partial charge in [0.05, 0.1) is 11.6 Å². The fourth-order valence-electron chi connectivity index (χ4n) is 4.75. The Bertz CT molecular complexity index is 1380. The van der Waals surface area contributed by atoms with Crippen molar-refractivity contribution in [3.8, 4) is 5.75 Å². The van der Waals surface area contributed by atoms with Crippen LogP contribution in [0.4, 0.5) is 0 Å². The van der Waals surface area contributed by atoms with Crippen LogP contribution >= 0.6 is 11.6 Å². The first-order valence-electron chi connectivity index (χ1n) is 14.9. The smallest absolute Gasteiger partial charge is 0.255 e. The summed E-state index contributed by atoms with van der Waals surface area (Å²) in [6.07, 6.45) is 1.72. The lowest BCUT2D eigenvalue weighted by molar-refractivity contribution is -0.131. The lowest BCUT2D eigenvalue weighted by atomic mass is 10.00. The maximum Gasteiger partial charge on any atom is 0.255 e. The summed E-state index contributed by atoms with van der Waals surface area (Å²) < 4.78 is 5.96. The van der Waals surface area contributed by atoms with Crippen LogP contribution < -0.4 is 20.7 Å². The van der Waals surface area contributed by atoms with E-state index < -0.39 is 35.8 Å². The van der Waals surface area contributed by atoms with Crippen LogP contribution in [0, 0.1) is 11.8 Å². The van der Waals surface area contributed by atoms with Gasteiger partial charge in [-0.15, -0.1) is 0 Å². The van der Waals surface area contributed by atoms with Crippen molar-refractivity contribution in [1.29, 1.82) is 0 Å². The number of carbonyl (C=O) groups is 4. The van der Waals surface area contributed by atoms with Gasteiger partial charge in [-0.3, -0.25) is 14.4 Å². The second kappa shape index (κ2) is 17.2. The number of nitrogens with one attached hydrogen (secondary N) is 3. The third-order valence-corrected chi connectivity index (χ3v) is 7.12. The Kier molecular flexibility index (Phi) is 13.4. The molecule has 0 fully saturated rings. The molecule has 3 N–H and O–H groups in total. The van der Waals surface area contributed by atoms with Gasteiger partial charge in [-0.1, -0.05) is 100.0 Å². The molecule has 0 unspecified atom stereocenters. The Balaban J connectivity index is 1.81. The average molecular weight is 620 g/mol. The molecule has 0 bridgehead atoms. The third kappa shape index (κ3) is 11.2. The van der Waals surface area contributed by atoms with Crippen molar-refractivity contribution in [2.45, 2.75) is 71.7 Å². The van der Waals surface area contributed by atoms with Gasteiger partial charge in [0.2, 0.25) is 11.8 Å². The van der Waals surface area contributed by atoms with Crippen LogP contribution in [0.3, 0.4) is 0 Å². The molecule has 0 aromatic heterocycles. The molecule has 3 aromatic carbocycles.